The third-order valence-electron chi connectivity index (χ3n) is 4.61. The summed E-state index contributed by atoms with van der Waals surface area (Å²) in [5.41, 5.74) is 2.20. The number of nitro groups is 1. The summed E-state index contributed by atoms with van der Waals surface area (Å²) in [5.74, 6) is 1.61. The zero-order valence-corrected chi connectivity index (χ0v) is 15.0. The maximum Gasteiger partial charge on any atom is 0.274 e. The highest BCUT2D eigenvalue weighted by Gasteiger charge is 2.24. The van der Waals surface area contributed by atoms with Crippen LogP contribution in [0.15, 0.2) is 24.3 Å². The minimum atomic E-state index is -0.327. The van der Waals surface area contributed by atoms with Gasteiger partial charge in [0, 0.05) is 23.6 Å². The van der Waals surface area contributed by atoms with E-state index in [0.29, 0.717) is 12.1 Å². The number of anilines is 1. The molecule has 2 aromatic heterocycles. The number of aryl methyl sites for hydroxylation is 3. The molecule has 1 aliphatic rings. The summed E-state index contributed by atoms with van der Waals surface area (Å²) < 4.78 is 0. The van der Waals surface area contributed by atoms with Gasteiger partial charge in [0.15, 0.2) is 0 Å². The molecule has 0 aliphatic heterocycles. The third kappa shape index (κ3) is 2.74. The smallest absolute Gasteiger partial charge is 0.274 e. The van der Waals surface area contributed by atoms with Crippen LogP contribution in [0.4, 0.5) is 11.5 Å². The van der Waals surface area contributed by atoms with Crippen LogP contribution >= 0.6 is 11.3 Å². The van der Waals surface area contributed by atoms with E-state index in [1.165, 1.54) is 16.9 Å². The van der Waals surface area contributed by atoms with Gasteiger partial charge in [-0.2, -0.15) is 0 Å². The van der Waals surface area contributed by atoms with E-state index in [-0.39, 0.29) is 10.6 Å². The van der Waals surface area contributed by atoms with Gasteiger partial charge in [0.1, 0.15) is 16.5 Å². The van der Waals surface area contributed by atoms with Crippen molar-refractivity contribution in [2.45, 2.75) is 32.7 Å². The lowest BCUT2D eigenvalue weighted by atomic mass is 10.1. The van der Waals surface area contributed by atoms with Crippen molar-refractivity contribution in [1.82, 2.24) is 9.97 Å². The van der Waals surface area contributed by atoms with E-state index in [0.717, 1.165) is 34.7 Å². The molecule has 4 rings (SSSR count). The molecular formula is C18H18N4O2S. The summed E-state index contributed by atoms with van der Waals surface area (Å²) in [6, 6.07) is 6.88. The monoisotopic (exact) mass is 354 g/mol. The SMILES string of the molecule is Cc1nc(N(C)Cc2ccccc2[N+](=O)[O-])c2c3c(sc2n1)CCC3. The van der Waals surface area contributed by atoms with Crippen LogP contribution in [-0.2, 0) is 19.4 Å². The van der Waals surface area contributed by atoms with E-state index in [2.05, 4.69) is 9.97 Å². The van der Waals surface area contributed by atoms with Crippen molar-refractivity contribution < 1.29 is 4.92 Å². The molecule has 25 heavy (non-hydrogen) atoms. The van der Waals surface area contributed by atoms with Gasteiger partial charge in [0.25, 0.3) is 5.69 Å². The summed E-state index contributed by atoms with van der Waals surface area (Å²) in [6.45, 7) is 2.33. The Morgan fingerprint density at radius 1 is 1.28 bits per heavy atom. The highest BCUT2D eigenvalue weighted by Crippen LogP contribution is 2.40. The van der Waals surface area contributed by atoms with Crippen LogP contribution in [0.5, 0.6) is 0 Å². The second-order valence-corrected chi connectivity index (χ2v) is 7.46. The first-order chi connectivity index (χ1) is 12.0. The van der Waals surface area contributed by atoms with E-state index in [9.17, 15) is 10.1 Å². The molecule has 1 aliphatic carbocycles. The second-order valence-electron chi connectivity index (χ2n) is 6.37. The number of hydrogen-bond acceptors (Lipinski definition) is 6. The molecule has 0 radical (unpaired) electrons. The van der Waals surface area contributed by atoms with E-state index in [4.69, 9.17) is 0 Å². The van der Waals surface area contributed by atoms with Gasteiger partial charge in [-0.25, -0.2) is 9.97 Å². The summed E-state index contributed by atoms with van der Waals surface area (Å²) >= 11 is 1.76. The standard InChI is InChI=1S/C18H18N4O2S/c1-11-19-17(16-13-7-5-9-15(13)25-18(16)20-11)21(2)10-12-6-3-4-8-14(12)22(23)24/h3-4,6,8H,5,7,9-10H2,1-2H3. The number of aromatic nitrogens is 2. The number of para-hydroxylation sites is 1. The molecule has 0 spiro atoms. The molecular weight excluding hydrogens is 336 g/mol. The van der Waals surface area contributed by atoms with Gasteiger partial charge in [0.05, 0.1) is 16.9 Å². The molecule has 6 nitrogen and oxygen atoms in total. The minimum absolute atomic E-state index is 0.145. The summed E-state index contributed by atoms with van der Waals surface area (Å²) in [6.07, 6.45) is 3.36. The Morgan fingerprint density at radius 2 is 2.08 bits per heavy atom. The molecule has 7 heteroatoms. The first-order valence-electron chi connectivity index (χ1n) is 8.27. The molecule has 0 fully saturated rings. The van der Waals surface area contributed by atoms with Crippen LogP contribution in [0, 0.1) is 17.0 Å². The largest absolute Gasteiger partial charge is 0.354 e. The molecule has 0 N–H and O–H groups in total. The fourth-order valence-corrected chi connectivity index (χ4v) is 4.81. The Morgan fingerprint density at radius 3 is 2.88 bits per heavy atom. The molecule has 0 saturated carbocycles. The number of rotatable bonds is 4. The zero-order valence-electron chi connectivity index (χ0n) is 14.2. The summed E-state index contributed by atoms with van der Waals surface area (Å²) in [4.78, 5) is 24.7. The van der Waals surface area contributed by atoms with Gasteiger partial charge < -0.3 is 4.90 Å². The average molecular weight is 354 g/mol. The predicted molar refractivity (Wildman–Crippen MR) is 99.4 cm³/mol. The lowest BCUT2D eigenvalue weighted by Crippen LogP contribution is -2.19. The van der Waals surface area contributed by atoms with Crippen LogP contribution in [0.3, 0.4) is 0 Å². The average Bonchev–Trinajstić information content (AvgIpc) is 3.14. The van der Waals surface area contributed by atoms with E-state index in [1.54, 1.807) is 29.5 Å². The number of benzene rings is 1. The number of nitro benzene ring substituents is 1. The van der Waals surface area contributed by atoms with Gasteiger partial charge in [-0.3, -0.25) is 10.1 Å². The molecule has 0 bridgehead atoms. The molecule has 128 valence electrons. The number of nitrogens with zero attached hydrogens (tertiary/aromatic N) is 4. The normalized spacial score (nSPS) is 13.2. The fourth-order valence-electron chi connectivity index (χ4n) is 3.51. The Balaban J connectivity index is 1.78. The molecule has 3 aromatic rings. The highest BCUT2D eigenvalue weighted by atomic mass is 32.1. The van der Waals surface area contributed by atoms with Crippen LogP contribution in [0.2, 0.25) is 0 Å². The predicted octanol–water partition coefficient (Wildman–Crippen LogP) is 4.03. The van der Waals surface area contributed by atoms with E-state index < -0.39 is 0 Å². The quantitative estimate of drug-likeness (QED) is 0.522. The third-order valence-corrected chi connectivity index (χ3v) is 5.80. The van der Waals surface area contributed by atoms with Crippen molar-refractivity contribution in [2.24, 2.45) is 0 Å². The second kappa shape index (κ2) is 6.07. The molecule has 0 atom stereocenters. The van der Waals surface area contributed by atoms with E-state index in [1.807, 2.05) is 24.9 Å². The van der Waals surface area contributed by atoms with Crippen LogP contribution in [0.25, 0.3) is 10.2 Å². The minimum Gasteiger partial charge on any atom is -0.354 e. The van der Waals surface area contributed by atoms with Crippen molar-refractivity contribution in [3.63, 3.8) is 0 Å². The van der Waals surface area contributed by atoms with E-state index >= 15 is 0 Å². The summed E-state index contributed by atoms with van der Waals surface area (Å²) in [5, 5.41) is 12.4. The van der Waals surface area contributed by atoms with Crippen LogP contribution < -0.4 is 4.90 Å². The number of thiophene rings is 1. The van der Waals surface area contributed by atoms with Gasteiger partial charge in [0.2, 0.25) is 0 Å². The Hall–Kier alpha value is -2.54. The maximum atomic E-state index is 11.3. The molecule has 0 amide bonds. The van der Waals surface area contributed by atoms with Gasteiger partial charge in [-0.15, -0.1) is 11.3 Å². The summed E-state index contributed by atoms with van der Waals surface area (Å²) in [7, 11) is 1.94. The van der Waals surface area contributed by atoms with Crippen molar-refractivity contribution in [2.75, 3.05) is 11.9 Å². The van der Waals surface area contributed by atoms with Crippen molar-refractivity contribution in [1.29, 1.82) is 0 Å². The van der Waals surface area contributed by atoms with Crippen molar-refractivity contribution in [3.05, 3.63) is 56.2 Å². The Labute approximate surface area is 149 Å². The Kier molecular flexibility index (Phi) is 3.88. The number of fused-ring (bicyclic) bond motifs is 3. The van der Waals surface area contributed by atoms with Gasteiger partial charge in [-0.1, -0.05) is 18.2 Å². The fraction of sp³-hybridized carbons (Fsp3) is 0.333. The molecule has 2 heterocycles. The van der Waals surface area contributed by atoms with Crippen molar-refractivity contribution >= 4 is 33.1 Å². The Bertz CT molecular complexity index is 983. The lowest BCUT2D eigenvalue weighted by molar-refractivity contribution is -0.385. The molecule has 0 saturated heterocycles. The van der Waals surface area contributed by atoms with Crippen molar-refractivity contribution in [3.8, 4) is 0 Å². The topological polar surface area (TPSA) is 72.2 Å². The lowest BCUT2D eigenvalue weighted by Gasteiger charge is -2.20. The zero-order chi connectivity index (χ0) is 17.6. The van der Waals surface area contributed by atoms with Crippen LogP contribution in [-0.4, -0.2) is 21.9 Å². The van der Waals surface area contributed by atoms with Crippen LogP contribution in [0.1, 0.15) is 28.2 Å². The maximum absolute atomic E-state index is 11.3. The van der Waals surface area contributed by atoms with Gasteiger partial charge >= 0.3 is 0 Å². The molecule has 0 unspecified atom stereocenters. The number of hydrogen-bond donors (Lipinski definition) is 0. The highest BCUT2D eigenvalue weighted by molar-refractivity contribution is 7.19. The molecule has 1 aromatic carbocycles. The van der Waals surface area contributed by atoms with Gasteiger partial charge in [-0.05, 0) is 31.7 Å². The first-order valence-corrected chi connectivity index (χ1v) is 9.08. The first kappa shape index (κ1) is 16.0.